The molecule has 0 bridgehead atoms. The van der Waals surface area contributed by atoms with Crippen LogP contribution < -0.4 is 10.6 Å². The van der Waals surface area contributed by atoms with Crippen molar-refractivity contribution in [1.29, 1.82) is 0 Å². The van der Waals surface area contributed by atoms with Gasteiger partial charge in [-0.3, -0.25) is 9.69 Å². The number of hydrogen-bond donors (Lipinski definition) is 2. The molecule has 0 radical (unpaired) electrons. The molecule has 100 valence electrons. The number of carbonyl (C=O) groups excluding carboxylic acids is 1. The molecule has 1 aliphatic heterocycles. The number of carbonyl (C=O) groups is 1. The van der Waals surface area contributed by atoms with E-state index in [-0.39, 0.29) is 12.0 Å². The Balaban J connectivity index is 2.10. The molecule has 0 aromatic carbocycles. The molecule has 5 heteroatoms. The zero-order valence-corrected chi connectivity index (χ0v) is 11.0. The molecule has 1 saturated heterocycles. The van der Waals surface area contributed by atoms with E-state index in [2.05, 4.69) is 17.6 Å². The number of nitrogens with one attached hydrogen (secondary N) is 2. The van der Waals surface area contributed by atoms with Gasteiger partial charge >= 0.3 is 0 Å². The summed E-state index contributed by atoms with van der Waals surface area (Å²) in [7, 11) is 1.96. The van der Waals surface area contributed by atoms with Gasteiger partial charge in [-0.15, -0.1) is 0 Å². The summed E-state index contributed by atoms with van der Waals surface area (Å²) in [6.45, 7) is 6.72. The molecule has 1 rings (SSSR count). The summed E-state index contributed by atoms with van der Waals surface area (Å²) in [4.78, 5) is 13.6. The molecule has 2 N–H and O–H groups in total. The normalized spacial score (nSPS) is 20.5. The number of morpholine rings is 1. The summed E-state index contributed by atoms with van der Waals surface area (Å²) < 4.78 is 5.59. The van der Waals surface area contributed by atoms with Gasteiger partial charge in [-0.1, -0.05) is 13.3 Å². The lowest BCUT2D eigenvalue weighted by Gasteiger charge is -2.27. The fraction of sp³-hybridized carbons (Fsp3) is 0.917. The Morgan fingerprint density at radius 2 is 2.41 bits per heavy atom. The van der Waals surface area contributed by atoms with E-state index < -0.39 is 0 Å². The lowest BCUT2D eigenvalue weighted by atomic mass is 10.3. The van der Waals surface area contributed by atoms with Crippen molar-refractivity contribution in [2.24, 2.45) is 0 Å². The van der Waals surface area contributed by atoms with E-state index in [0.717, 1.165) is 45.6 Å². The summed E-state index contributed by atoms with van der Waals surface area (Å²) in [5, 5.41) is 6.20. The number of ether oxygens (including phenoxy) is 1. The SMILES string of the molecule is CCCCNC(=O)CN(C)CC1CNCCO1. The van der Waals surface area contributed by atoms with Gasteiger partial charge in [0, 0.05) is 26.2 Å². The third kappa shape index (κ3) is 6.61. The molecular formula is C12H25N3O2. The second kappa shape index (κ2) is 8.44. The summed E-state index contributed by atoms with van der Waals surface area (Å²) in [6.07, 6.45) is 2.36. The fourth-order valence-corrected chi connectivity index (χ4v) is 1.85. The maximum Gasteiger partial charge on any atom is 0.234 e. The minimum atomic E-state index is 0.102. The summed E-state index contributed by atoms with van der Waals surface area (Å²) in [6, 6.07) is 0. The zero-order chi connectivity index (χ0) is 12.5. The van der Waals surface area contributed by atoms with Crippen molar-refractivity contribution in [1.82, 2.24) is 15.5 Å². The molecule has 1 amide bonds. The van der Waals surface area contributed by atoms with E-state index in [9.17, 15) is 4.79 Å². The Kier molecular flexibility index (Phi) is 7.16. The molecule has 1 fully saturated rings. The highest BCUT2D eigenvalue weighted by molar-refractivity contribution is 5.77. The lowest BCUT2D eigenvalue weighted by molar-refractivity contribution is -0.122. The van der Waals surface area contributed by atoms with Crippen LogP contribution in [0.25, 0.3) is 0 Å². The quantitative estimate of drug-likeness (QED) is 0.609. The first kappa shape index (κ1) is 14.4. The topological polar surface area (TPSA) is 53.6 Å². The zero-order valence-electron chi connectivity index (χ0n) is 11.0. The van der Waals surface area contributed by atoms with Crippen LogP contribution >= 0.6 is 0 Å². The van der Waals surface area contributed by atoms with Crippen molar-refractivity contribution >= 4 is 5.91 Å². The van der Waals surface area contributed by atoms with Crippen LogP contribution in [-0.4, -0.2) is 63.3 Å². The first-order valence-electron chi connectivity index (χ1n) is 6.50. The highest BCUT2D eigenvalue weighted by atomic mass is 16.5. The van der Waals surface area contributed by atoms with Crippen LogP contribution in [0.15, 0.2) is 0 Å². The molecule has 1 heterocycles. The Morgan fingerprint density at radius 3 is 3.06 bits per heavy atom. The Morgan fingerprint density at radius 1 is 1.59 bits per heavy atom. The summed E-state index contributed by atoms with van der Waals surface area (Å²) in [5.41, 5.74) is 0. The summed E-state index contributed by atoms with van der Waals surface area (Å²) >= 11 is 0. The highest BCUT2D eigenvalue weighted by Crippen LogP contribution is 1.98. The monoisotopic (exact) mass is 243 g/mol. The van der Waals surface area contributed by atoms with Gasteiger partial charge in [0.2, 0.25) is 5.91 Å². The lowest BCUT2D eigenvalue weighted by Crippen LogP contribution is -2.46. The maximum absolute atomic E-state index is 11.6. The number of amides is 1. The van der Waals surface area contributed by atoms with Crippen molar-refractivity contribution in [3.05, 3.63) is 0 Å². The predicted octanol–water partition coefficient (Wildman–Crippen LogP) is -0.177. The van der Waals surface area contributed by atoms with Crippen LogP contribution in [0.4, 0.5) is 0 Å². The molecule has 1 atom stereocenters. The largest absolute Gasteiger partial charge is 0.374 e. The molecular weight excluding hydrogens is 218 g/mol. The Hall–Kier alpha value is -0.650. The van der Waals surface area contributed by atoms with Gasteiger partial charge in [0.05, 0.1) is 19.3 Å². The van der Waals surface area contributed by atoms with E-state index >= 15 is 0 Å². The van der Waals surface area contributed by atoms with Crippen molar-refractivity contribution in [2.75, 3.05) is 46.4 Å². The number of hydrogen-bond acceptors (Lipinski definition) is 4. The maximum atomic E-state index is 11.6. The number of likely N-dealkylation sites (N-methyl/N-ethyl adjacent to an activating group) is 1. The van der Waals surface area contributed by atoms with Gasteiger partial charge in [0.15, 0.2) is 0 Å². The molecule has 0 aromatic heterocycles. The smallest absolute Gasteiger partial charge is 0.234 e. The standard InChI is InChI=1S/C12H25N3O2/c1-3-4-5-14-12(16)10-15(2)9-11-8-13-6-7-17-11/h11,13H,3-10H2,1-2H3,(H,14,16). The van der Waals surface area contributed by atoms with E-state index in [1.807, 2.05) is 11.9 Å². The van der Waals surface area contributed by atoms with Crippen LogP contribution in [0, 0.1) is 0 Å². The van der Waals surface area contributed by atoms with Gasteiger partial charge in [-0.2, -0.15) is 0 Å². The Bertz CT molecular complexity index is 218. The number of unbranched alkanes of at least 4 members (excludes halogenated alkanes) is 1. The molecule has 17 heavy (non-hydrogen) atoms. The molecule has 0 aliphatic carbocycles. The fourth-order valence-electron chi connectivity index (χ4n) is 1.85. The number of rotatable bonds is 7. The molecule has 1 aliphatic rings. The van der Waals surface area contributed by atoms with Gasteiger partial charge in [0.1, 0.15) is 0 Å². The van der Waals surface area contributed by atoms with E-state index in [1.165, 1.54) is 0 Å². The van der Waals surface area contributed by atoms with E-state index in [1.54, 1.807) is 0 Å². The molecule has 5 nitrogen and oxygen atoms in total. The second-order valence-electron chi connectivity index (χ2n) is 4.60. The van der Waals surface area contributed by atoms with Crippen LogP contribution in [0.3, 0.4) is 0 Å². The third-order valence-corrected chi connectivity index (χ3v) is 2.79. The average molecular weight is 243 g/mol. The highest BCUT2D eigenvalue weighted by Gasteiger charge is 2.16. The Labute approximate surface area is 104 Å². The second-order valence-corrected chi connectivity index (χ2v) is 4.60. The van der Waals surface area contributed by atoms with Crippen molar-refractivity contribution in [2.45, 2.75) is 25.9 Å². The minimum Gasteiger partial charge on any atom is -0.374 e. The molecule has 0 spiro atoms. The molecule has 0 aromatic rings. The van der Waals surface area contributed by atoms with Gasteiger partial charge in [-0.25, -0.2) is 0 Å². The van der Waals surface area contributed by atoms with Crippen LogP contribution in [0.2, 0.25) is 0 Å². The first-order chi connectivity index (χ1) is 8.22. The van der Waals surface area contributed by atoms with Crippen molar-refractivity contribution in [3.8, 4) is 0 Å². The van der Waals surface area contributed by atoms with Gasteiger partial charge in [0.25, 0.3) is 0 Å². The van der Waals surface area contributed by atoms with Crippen molar-refractivity contribution in [3.63, 3.8) is 0 Å². The van der Waals surface area contributed by atoms with Gasteiger partial charge < -0.3 is 15.4 Å². The first-order valence-corrected chi connectivity index (χ1v) is 6.50. The minimum absolute atomic E-state index is 0.102. The predicted molar refractivity (Wildman–Crippen MR) is 68.0 cm³/mol. The summed E-state index contributed by atoms with van der Waals surface area (Å²) in [5.74, 6) is 0.102. The number of nitrogens with zero attached hydrogens (tertiary/aromatic N) is 1. The van der Waals surface area contributed by atoms with Crippen molar-refractivity contribution < 1.29 is 9.53 Å². The average Bonchev–Trinajstić information content (AvgIpc) is 2.30. The third-order valence-electron chi connectivity index (χ3n) is 2.79. The van der Waals surface area contributed by atoms with E-state index in [0.29, 0.717) is 6.54 Å². The molecule has 1 unspecified atom stereocenters. The van der Waals surface area contributed by atoms with E-state index in [4.69, 9.17) is 4.74 Å². The van der Waals surface area contributed by atoms with Crippen LogP contribution in [0.1, 0.15) is 19.8 Å². The molecule has 0 saturated carbocycles. The van der Waals surface area contributed by atoms with Crippen LogP contribution in [0.5, 0.6) is 0 Å². The van der Waals surface area contributed by atoms with Crippen LogP contribution in [-0.2, 0) is 9.53 Å². The van der Waals surface area contributed by atoms with Gasteiger partial charge in [-0.05, 0) is 13.5 Å².